The van der Waals surface area contributed by atoms with Gasteiger partial charge in [0.25, 0.3) is 0 Å². The molecule has 1 aromatic heterocycles. The first-order valence-electron chi connectivity index (χ1n) is 7.24. The van der Waals surface area contributed by atoms with Crippen molar-refractivity contribution in [3.05, 3.63) is 23.9 Å². The van der Waals surface area contributed by atoms with Gasteiger partial charge in [-0.25, -0.2) is 9.78 Å². The predicted molar refractivity (Wildman–Crippen MR) is 75.6 cm³/mol. The van der Waals surface area contributed by atoms with Crippen LogP contribution in [0, 0.1) is 5.92 Å². The summed E-state index contributed by atoms with van der Waals surface area (Å²) in [7, 11) is 0. The first-order chi connectivity index (χ1) is 9.74. The van der Waals surface area contributed by atoms with Gasteiger partial charge in [0.15, 0.2) is 0 Å². The van der Waals surface area contributed by atoms with Crippen LogP contribution in [0.1, 0.15) is 43.0 Å². The summed E-state index contributed by atoms with van der Waals surface area (Å²) in [4.78, 5) is 15.7. The Labute approximate surface area is 119 Å². The SMILES string of the molecule is CCOC(=O)c1ccc(OC2CCCCC2CN)nc1. The minimum Gasteiger partial charge on any atom is -0.474 e. The fourth-order valence-corrected chi connectivity index (χ4v) is 2.54. The Morgan fingerprint density at radius 1 is 1.40 bits per heavy atom. The standard InChI is InChI=1S/C15H22N2O3/c1-2-19-15(18)12-7-8-14(17-10-12)20-13-6-4-3-5-11(13)9-16/h7-8,10-11,13H,2-6,9,16H2,1H3. The van der Waals surface area contributed by atoms with Gasteiger partial charge in [-0.15, -0.1) is 0 Å². The second-order valence-corrected chi connectivity index (χ2v) is 5.04. The largest absolute Gasteiger partial charge is 0.474 e. The van der Waals surface area contributed by atoms with Crippen LogP contribution in [0.2, 0.25) is 0 Å². The summed E-state index contributed by atoms with van der Waals surface area (Å²) in [6, 6.07) is 3.40. The second kappa shape index (κ2) is 7.24. The molecule has 5 heteroatoms. The van der Waals surface area contributed by atoms with E-state index in [0.29, 0.717) is 30.5 Å². The van der Waals surface area contributed by atoms with Crippen molar-refractivity contribution < 1.29 is 14.3 Å². The maximum absolute atomic E-state index is 11.5. The molecule has 0 spiro atoms. The van der Waals surface area contributed by atoms with Crippen molar-refractivity contribution in [2.45, 2.75) is 38.7 Å². The number of nitrogens with two attached hydrogens (primary N) is 1. The third-order valence-electron chi connectivity index (χ3n) is 3.66. The van der Waals surface area contributed by atoms with E-state index in [-0.39, 0.29) is 12.1 Å². The summed E-state index contributed by atoms with van der Waals surface area (Å²) in [5.74, 6) is 0.586. The van der Waals surface area contributed by atoms with Gasteiger partial charge in [0.1, 0.15) is 6.10 Å². The molecule has 5 nitrogen and oxygen atoms in total. The lowest BCUT2D eigenvalue weighted by Gasteiger charge is -2.30. The molecule has 1 saturated carbocycles. The minimum atomic E-state index is -0.357. The number of hydrogen-bond acceptors (Lipinski definition) is 5. The molecule has 0 bridgehead atoms. The number of hydrogen-bond donors (Lipinski definition) is 1. The van der Waals surface area contributed by atoms with Gasteiger partial charge in [-0.2, -0.15) is 0 Å². The molecule has 2 N–H and O–H groups in total. The van der Waals surface area contributed by atoms with Crippen molar-refractivity contribution in [3.63, 3.8) is 0 Å². The van der Waals surface area contributed by atoms with Crippen molar-refractivity contribution in [2.75, 3.05) is 13.2 Å². The molecule has 20 heavy (non-hydrogen) atoms. The van der Waals surface area contributed by atoms with E-state index in [1.807, 2.05) is 0 Å². The van der Waals surface area contributed by atoms with Crippen LogP contribution in [0.3, 0.4) is 0 Å². The van der Waals surface area contributed by atoms with Gasteiger partial charge < -0.3 is 15.2 Å². The fraction of sp³-hybridized carbons (Fsp3) is 0.600. The Bertz CT molecular complexity index is 433. The molecule has 0 amide bonds. The third-order valence-corrected chi connectivity index (χ3v) is 3.66. The van der Waals surface area contributed by atoms with Crippen molar-refractivity contribution >= 4 is 5.97 Å². The Kier molecular flexibility index (Phi) is 5.35. The first-order valence-corrected chi connectivity index (χ1v) is 7.24. The molecule has 2 atom stereocenters. The monoisotopic (exact) mass is 278 g/mol. The average molecular weight is 278 g/mol. The Morgan fingerprint density at radius 3 is 2.85 bits per heavy atom. The van der Waals surface area contributed by atoms with Gasteiger partial charge >= 0.3 is 5.97 Å². The highest BCUT2D eigenvalue weighted by molar-refractivity contribution is 5.89. The van der Waals surface area contributed by atoms with E-state index in [1.54, 1.807) is 19.1 Å². The zero-order valence-electron chi connectivity index (χ0n) is 11.9. The average Bonchev–Trinajstić information content (AvgIpc) is 2.49. The minimum absolute atomic E-state index is 0.134. The van der Waals surface area contributed by atoms with Crippen molar-refractivity contribution in [2.24, 2.45) is 11.7 Å². The lowest BCUT2D eigenvalue weighted by atomic mass is 9.86. The van der Waals surface area contributed by atoms with Gasteiger partial charge in [-0.3, -0.25) is 0 Å². The number of rotatable bonds is 5. The van der Waals surface area contributed by atoms with Crippen molar-refractivity contribution in [3.8, 4) is 5.88 Å². The number of carbonyl (C=O) groups excluding carboxylic acids is 1. The number of nitrogens with zero attached hydrogens (tertiary/aromatic N) is 1. The molecular formula is C15H22N2O3. The predicted octanol–water partition coefficient (Wildman–Crippen LogP) is 2.15. The van der Waals surface area contributed by atoms with Gasteiger partial charge in [-0.05, 0) is 38.8 Å². The van der Waals surface area contributed by atoms with Crippen molar-refractivity contribution in [1.29, 1.82) is 0 Å². The number of pyridine rings is 1. The molecule has 1 aromatic rings. The molecule has 1 heterocycles. The van der Waals surface area contributed by atoms with Gasteiger partial charge in [0.05, 0.1) is 12.2 Å². The van der Waals surface area contributed by atoms with Gasteiger partial charge in [-0.1, -0.05) is 6.42 Å². The van der Waals surface area contributed by atoms with Crippen LogP contribution in [-0.2, 0) is 4.74 Å². The number of ether oxygens (including phenoxy) is 2. The zero-order valence-corrected chi connectivity index (χ0v) is 11.9. The normalized spacial score (nSPS) is 22.3. The summed E-state index contributed by atoms with van der Waals surface area (Å²) >= 11 is 0. The van der Waals surface area contributed by atoms with Crippen LogP contribution >= 0.6 is 0 Å². The lowest BCUT2D eigenvalue weighted by Crippen LogP contribution is -2.35. The van der Waals surface area contributed by atoms with Gasteiger partial charge in [0, 0.05) is 18.2 Å². The highest BCUT2D eigenvalue weighted by Crippen LogP contribution is 2.27. The topological polar surface area (TPSA) is 74.4 Å². The Hall–Kier alpha value is -1.62. The maximum atomic E-state index is 11.5. The number of carbonyl (C=O) groups is 1. The van der Waals surface area contributed by atoms with E-state index >= 15 is 0 Å². The maximum Gasteiger partial charge on any atom is 0.339 e. The molecule has 2 unspecified atom stereocenters. The molecule has 1 fully saturated rings. The molecule has 110 valence electrons. The van der Waals surface area contributed by atoms with Crippen LogP contribution in [0.4, 0.5) is 0 Å². The van der Waals surface area contributed by atoms with E-state index in [1.165, 1.54) is 19.0 Å². The quantitative estimate of drug-likeness (QED) is 0.835. The molecule has 0 aromatic carbocycles. The van der Waals surface area contributed by atoms with E-state index in [9.17, 15) is 4.79 Å². The fourth-order valence-electron chi connectivity index (χ4n) is 2.54. The van der Waals surface area contributed by atoms with Crippen LogP contribution < -0.4 is 10.5 Å². The first kappa shape index (κ1) is 14.8. The highest BCUT2D eigenvalue weighted by Gasteiger charge is 2.25. The second-order valence-electron chi connectivity index (χ2n) is 5.04. The van der Waals surface area contributed by atoms with E-state index in [2.05, 4.69) is 4.98 Å². The summed E-state index contributed by atoms with van der Waals surface area (Å²) in [6.07, 6.45) is 6.15. The van der Waals surface area contributed by atoms with E-state index < -0.39 is 0 Å². The van der Waals surface area contributed by atoms with Crippen LogP contribution in [0.25, 0.3) is 0 Å². The molecule has 0 saturated heterocycles. The molecule has 2 rings (SSSR count). The molecule has 0 radical (unpaired) electrons. The summed E-state index contributed by atoms with van der Waals surface area (Å²) in [6.45, 7) is 2.78. The van der Waals surface area contributed by atoms with Crippen LogP contribution in [0.15, 0.2) is 18.3 Å². The summed E-state index contributed by atoms with van der Waals surface area (Å²) in [5.41, 5.74) is 6.23. The Balaban J connectivity index is 1.97. The molecule has 0 aliphatic heterocycles. The van der Waals surface area contributed by atoms with E-state index in [4.69, 9.17) is 15.2 Å². The highest BCUT2D eigenvalue weighted by atomic mass is 16.5. The number of esters is 1. The molecule has 1 aliphatic carbocycles. The third kappa shape index (κ3) is 3.70. The van der Waals surface area contributed by atoms with E-state index in [0.717, 1.165) is 12.8 Å². The number of aromatic nitrogens is 1. The van der Waals surface area contributed by atoms with Crippen molar-refractivity contribution in [1.82, 2.24) is 4.98 Å². The molecule has 1 aliphatic rings. The van der Waals surface area contributed by atoms with Crippen LogP contribution in [-0.4, -0.2) is 30.2 Å². The van der Waals surface area contributed by atoms with Crippen LogP contribution in [0.5, 0.6) is 5.88 Å². The van der Waals surface area contributed by atoms with Gasteiger partial charge in [0.2, 0.25) is 5.88 Å². The summed E-state index contributed by atoms with van der Waals surface area (Å²) < 4.78 is 10.8. The Morgan fingerprint density at radius 2 is 2.20 bits per heavy atom. The lowest BCUT2D eigenvalue weighted by molar-refractivity contribution is 0.0525. The zero-order chi connectivity index (χ0) is 14.4. The smallest absolute Gasteiger partial charge is 0.339 e. The summed E-state index contributed by atoms with van der Waals surface area (Å²) in [5, 5.41) is 0. The molecular weight excluding hydrogens is 256 g/mol.